The molecule has 2 aliphatic rings. The Bertz CT molecular complexity index is 1230. The predicted octanol–water partition coefficient (Wildman–Crippen LogP) is 3.34. The van der Waals surface area contributed by atoms with Gasteiger partial charge in [-0.3, -0.25) is 0 Å². The van der Waals surface area contributed by atoms with Gasteiger partial charge in [-0.05, 0) is 51.5 Å². The third-order valence-corrected chi connectivity index (χ3v) is 6.62. The summed E-state index contributed by atoms with van der Waals surface area (Å²) >= 11 is 0. The number of nitrogens with one attached hydrogen (secondary N) is 2. The van der Waals surface area contributed by atoms with Gasteiger partial charge in [0.15, 0.2) is 5.82 Å². The molecule has 2 aliphatic heterocycles. The third-order valence-electron chi connectivity index (χ3n) is 6.62. The van der Waals surface area contributed by atoms with Crippen LogP contribution < -0.4 is 20.4 Å². The lowest BCUT2D eigenvalue weighted by Gasteiger charge is -2.38. The number of urea groups is 1. The van der Waals surface area contributed by atoms with Gasteiger partial charge in [0.05, 0.1) is 24.9 Å². The lowest BCUT2D eigenvalue weighted by Crippen LogP contribution is -2.40. The number of rotatable bonds is 5. The Morgan fingerprint density at radius 3 is 2.61 bits per heavy atom. The van der Waals surface area contributed by atoms with Gasteiger partial charge >= 0.3 is 6.03 Å². The van der Waals surface area contributed by atoms with Crippen molar-refractivity contribution in [3.63, 3.8) is 0 Å². The van der Waals surface area contributed by atoms with Crippen molar-refractivity contribution in [1.82, 2.24) is 25.3 Å². The molecular formula is C26H32N8O2. The molecule has 2 aromatic heterocycles. The fourth-order valence-corrected chi connectivity index (χ4v) is 4.76. The number of morpholine rings is 1. The number of aromatic nitrogens is 4. The van der Waals surface area contributed by atoms with Crippen LogP contribution in [0.2, 0.25) is 0 Å². The van der Waals surface area contributed by atoms with Crippen LogP contribution in [0, 0.1) is 6.92 Å². The van der Waals surface area contributed by atoms with Crippen LogP contribution in [0.3, 0.4) is 0 Å². The number of nitrogens with zero attached hydrogens (tertiary/aromatic N) is 6. The van der Waals surface area contributed by atoms with Crippen LogP contribution in [0.4, 0.5) is 22.1 Å². The first kappa shape index (κ1) is 23.9. The summed E-state index contributed by atoms with van der Waals surface area (Å²) in [6.45, 7) is 10.4. The third kappa shape index (κ3) is 4.94. The first-order chi connectivity index (χ1) is 17.5. The minimum atomic E-state index is -0.223. The molecule has 188 valence electrons. The molecule has 2 N–H and O–H groups in total. The van der Waals surface area contributed by atoms with Crippen LogP contribution in [0.1, 0.15) is 36.8 Å². The van der Waals surface area contributed by atoms with Crippen LogP contribution in [0.5, 0.6) is 0 Å². The highest BCUT2D eigenvalue weighted by Gasteiger charge is 2.31. The fourth-order valence-electron chi connectivity index (χ4n) is 4.76. The van der Waals surface area contributed by atoms with Crippen LogP contribution in [-0.2, 0) is 11.2 Å². The summed E-state index contributed by atoms with van der Waals surface area (Å²) in [5, 5.41) is 5.58. The molecule has 0 bridgehead atoms. The number of carbonyl (C=O) groups excluding carboxylic acids is 1. The van der Waals surface area contributed by atoms with E-state index >= 15 is 0 Å². The molecule has 5 rings (SSSR count). The molecule has 4 heterocycles. The molecule has 1 atom stereocenters. The van der Waals surface area contributed by atoms with Crippen LogP contribution in [0.25, 0.3) is 11.4 Å². The predicted molar refractivity (Wildman–Crippen MR) is 139 cm³/mol. The molecule has 0 aliphatic carbocycles. The zero-order valence-electron chi connectivity index (χ0n) is 21.0. The van der Waals surface area contributed by atoms with E-state index in [9.17, 15) is 4.79 Å². The van der Waals surface area contributed by atoms with Gasteiger partial charge in [-0.1, -0.05) is 0 Å². The van der Waals surface area contributed by atoms with Crippen molar-refractivity contribution < 1.29 is 9.53 Å². The SMILES string of the molecule is CCNC(=O)Nc1ccc(-c2nc3c(c(N4CCOCC4)n2)CCN(c2cc(C)ncn2)[C@H]3C)cc1. The maximum Gasteiger partial charge on any atom is 0.319 e. The molecule has 2 amide bonds. The summed E-state index contributed by atoms with van der Waals surface area (Å²) in [6.07, 6.45) is 2.46. The zero-order valence-corrected chi connectivity index (χ0v) is 21.0. The summed E-state index contributed by atoms with van der Waals surface area (Å²) in [7, 11) is 0. The number of fused-ring (bicyclic) bond motifs is 1. The highest BCUT2D eigenvalue weighted by molar-refractivity contribution is 5.89. The van der Waals surface area contributed by atoms with E-state index in [1.807, 2.05) is 44.2 Å². The van der Waals surface area contributed by atoms with E-state index in [1.54, 1.807) is 6.33 Å². The van der Waals surface area contributed by atoms with Gasteiger partial charge in [0.25, 0.3) is 0 Å². The standard InChI is InChI=1S/C26H32N8O2/c1-4-27-26(35)30-20-7-5-19(6-8-20)24-31-23-18(3)34(22-15-17(2)28-16-29-22)10-9-21(23)25(32-24)33-11-13-36-14-12-33/h5-8,15-16,18H,4,9-14H2,1-3H3,(H2,27,30,35)/t18-/m0/s1. The highest BCUT2D eigenvalue weighted by atomic mass is 16.5. The molecule has 0 spiro atoms. The number of anilines is 3. The summed E-state index contributed by atoms with van der Waals surface area (Å²) < 4.78 is 5.60. The molecule has 1 saturated heterocycles. The van der Waals surface area contributed by atoms with E-state index in [1.165, 1.54) is 5.56 Å². The number of hydrogen-bond donors (Lipinski definition) is 2. The highest BCUT2D eigenvalue weighted by Crippen LogP contribution is 2.37. The van der Waals surface area contributed by atoms with Crippen molar-refractivity contribution in [3.8, 4) is 11.4 Å². The van der Waals surface area contributed by atoms with Gasteiger partial charge in [0, 0.05) is 54.8 Å². The number of hydrogen-bond acceptors (Lipinski definition) is 8. The second kappa shape index (κ2) is 10.4. The first-order valence-electron chi connectivity index (χ1n) is 12.5. The van der Waals surface area contributed by atoms with E-state index in [0.717, 1.165) is 60.3 Å². The Balaban J connectivity index is 1.52. The molecule has 10 nitrogen and oxygen atoms in total. The average Bonchev–Trinajstić information content (AvgIpc) is 2.89. The van der Waals surface area contributed by atoms with E-state index in [2.05, 4.69) is 37.3 Å². The minimum Gasteiger partial charge on any atom is -0.378 e. The molecule has 1 fully saturated rings. The maximum absolute atomic E-state index is 11.9. The fraction of sp³-hybridized carbons (Fsp3) is 0.423. The summed E-state index contributed by atoms with van der Waals surface area (Å²) in [6, 6.07) is 9.48. The van der Waals surface area contributed by atoms with Gasteiger partial charge in [-0.25, -0.2) is 24.7 Å². The number of benzene rings is 1. The van der Waals surface area contributed by atoms with Gasteiger partial charge in [0.1, 0.15) is 18.0 Å². The monoisotopic (exact) mass is 488 g/mol. The van der Waals surface area contributed by atoms with Gasteiger partial charge in [0.2, 0.25) is 0 Å². The Hall–Kier alpha value is -3.79. The largest absolute Gasteiger partial charge is 0.378 e. The summed E-state index contributed by atoms with van der Waals surface area (Å²) in [5.74, 6) is 2.58. The molecule has 0 unspecified atom stereocenters. The van der Waals surface area contributed by atoms with E-state index < -0.39 is 0 Å². The molecule has 0 radical (unpaired) electrons. The number of amides is 2. The Labute approximate surface area is 211 Å². The topological polar surface area (TPSA) is 108 Å². The normalized spacial score (nSPS) is 17.5. The Morgan fingerprint density at radius 2 is 1.89 bits per heavy atom. The molecule has 0 saturated carbocycles. The van der Waals surface area contributed by atoms with Crippen molar-refractivity contribution in [3.05, 3.63) is 53.6 Å². The van der Waals surface area contributed by atoms with Gasteiger partial charge in [-0.15, -0.1) is 0 Å². The van der Waals surface area contributed by atoms with Crippen molar-refractivity contribution in [2.24, 2.45) is 0 Å². The zero-order chi connectivity index (χ0) is 25.1. The Kier molecular flexibility index (Phi) is 6.95. The minimum absolute atomic E-state index is 0.0308. The van der Waals surface area contributed by atoms with Crippen LogP contribution >= 0.6 is 0 Å². The van der Waals surface area contributed by atoms with Crippen molar-refractivity contribution >= 4 is 23.4 Å². The van der Waals surface area contributed by atoms with Gasteiger partial charge < -0.3 is 25.2 Å². The molecule has 3 aromatic rings. The van der Waals surface area contributed by atoms with Crippen LogP contribution in [-0.4, -0.2) is 65.4 Å². The Morgan fingerprint density at radius 1 is 1.11 bits per heavy atom. The van der Waals surface area contributed by atoms with E-state index in [0.29, 0.717) is 25.6 Å². The molecular weight excluding hydrogens is 456 g/mol. The average molecular weight is 489 g/mol. The molecule has 10 heteroatoms. The van der Waals surface area contributed by atoms with Gasteiger partial charge in [-0.2, -0.15) is 0 Å². The van der Waals surface area contributed by atoms with Crippen molar-refractivity contribution in [1.29, 1.82) is 0 Å². The lowest BCUT2D eigenvalue weighted by atomic mass is 9.97. The summed E-state index contributed by atoms with van der Waals surface area (Å²) in [5.41, 5.74) is 4.78. The second-order valence-corrected chi connectivity index (χ2v) is 9.03. The number of aryl methyl sites for hydroxylation is 1. The maximum atomic E-state index is 11.9. The molecule has 1 aromatic carbocycles. The van der Waals surface area contributed by atoms with Crippen molar-refractivity contribution in [2.45, 2.75) is 33.2 Å². The number of ether oxygens (including phenoxy) is 1. The number of carbonyl (C=O) groups is 1. The quantitative estimate of drug-likeness (QED) is 0.563. The van der Waals surface area contributed by atoms with E-state index in [-0.39, 0.29) is 12.1 Å². The smallest absolute Gasteiger partial charge is 0.319 e. The second-order valence-electron chi connectivity index (χ2n) is 9.03. The van der Waals surface area contributed by atoms with Crippen LogP contribution in [0.15, 0.2) is 36.7 Å². The first-order valence-corrected chi connectivity index (χ1v) is 12.5. The molecule has 36 heavy (non-hydrogen) atoms. The van der Waals surface area contributed by atoms with E-state index in [4.69, 9.17) is 14.7 Å². The lowest BCUT2D eigenvalue weighted by molar-refractivity contribution is 0.122. The van der Waals surface area contributed by atoms with Crippen molar-refractivity contribution in [2.75, 3.05) is 54.5 Å². The summed E-state index contributed by atoms with van der Waals surface area (Å²) in [4.78, 5) is 35.4.